The number of carbonyl (C=O) groups is 3. The molecule has 1 atom stereocenters. The van der Waals surface area contributed by atoms with Crippen LogP contribution in [0.15, 0.2) is 54.7 Å². The number of rotatable bonds is 5. The molecule has 0 spiro atoms. The topological polar surface area (TPSA) is 91.5 Å². The summed E-state index contributed by atoms with van der Waals surface area (Å²) < 4.78 is 4.67. The van der Waals surface area contributed by atoms with Crippen molar-refractivity contribution >= 4 is 28.8 Å². The first-order valence-electron chi connectivity index (χ1n) is 8.91. The Labute approximate surface area is 161 Å². The molecule has 2 aromatic carbocycles. The van der Waals surface area contributed by atoms with E-state index in [0.29, 0.717) is 12.0 Å². The van der Waals surface area contributed by atoms with Crippen molar-refractivity contribution in [3.05, 3.63) is 71.4 Å². The number of nitrogens with zero attached hydrogens (tertiary/aromatic N) is 1. The molecule has 4 rings (SSSR count). The third-order valence-corrected chi connectivity index (χ3v) is 4.92. The van der Waals surface area contributed by atoms with E-state index in [2.05, 4.69) is 15.0 Å². The van der Waals surface area contributed by atoms with Crippen molar-refractivity contribution in [1.29, 1.82) is 0 Å². The summed E-state index contributed by atoms with van der Waals surface area (Å²) in [7, 11) is 1.32. The summed E-state index contributed by atoms with van der Waals surface area (Å²) in [5, 5.41) is 3.81. The van der Waals surface area contributed by atoms with Crippen LogP contribution in [-0.4, -0.2) is 40.9 Å². The van der Waals surface area contributed by atoms with Gasteiger partial charge in [0.2, 0.25) is 0 Å². The monoisotopic (exact) mass is 377 g/mol. The average Bonchev–Trinajstić information content (AvgIpc) is 3.24. The highest BCUT2D eigenvalue weighted by molar-refractivity contribution is 6.04. The van der Waals surface area contributed by atoms with E-state index in [9.17, 15) is 14.4 Å². The number of aromatic nitrogens is 1. The van der Waals surface area contributed by atoms with E-state index in [-0.39, 0.29) is 12.5 Å². The number of hydrogen-bond donors (Lipinski definition) is 2. The lowest BCUT2D eigenvalue weighted by atomic mass is 10.0. The molecule has 7 nitrogen and oxygen atoms in total. The molecule has 7 heteroatoms. The van der Waals surface area contributed by atoms with Gasteiger partial charge in [0, 0.05) is 23.5 Å². The number of ether oxygens (including phenoxy) is 1. The number of methoxy groups -OCH3 is 1. The Morgan fingerprint density at radius 1 is 1.11 bits per heavy atom. The highest BCUT2D eigenvalue weighted by Crippen LogP contribution is 2.22. The predicted molar refractivity (Wildman–Crippen MR) is 103 cm³/mol. The van der Waals surface area contributed by atoms with Gasteiger partial charge in [0.15, 0.2) is 0 Å². The van der Waals surface area contributed by atoms with E-state index in [1.165, 1.54) is 12.0 Å². The lowest BCUT2D eigenvalue weighted by Crippen LogP contribution is -2.32. The fourth-order valence-corrected chi connectivity index (χ4v) is 3.43. The zero-order chi connectivity index (χ0) is 19.7. The summed E-state index contributed by atoms with van der Waals surface area (Å²) in [6, 6.07) is 13.5. The van der Waals surface area contributed by atoms with Crippen LogP contribution in [0.5, 0.6) is 0 Å². The minimum absolute atomic E-state index is 0.149. The van der Waals surface area contributed by atoms with Crippen molar-refractivity contribution < 1.29 is 19.1 Å². The number of hydrogen-bond acceptors (Lipinski definition) is 4. The first-order chi connectivity index (χ1) is 13.6. The Morgan fingerprint density at radius 3 is 2.61 bits per heavy atom. The third kappa shape index (κ3) is 3.22. The van der Waals surface area contributed by atoms with Gasteiger partial charge < -0.3 is 15.0 Å². The quantitative estimate of drug-likeness (QED) is 0.528. The van der Waals surface area contributed by atoms with Crippen molar-refractivity contribution in [2.75, 3.05) is 7.11 Å². The van der Waals surface area contributed by atoms with E-state index < -0.39 is 18.0 Å². The van der Waals surface area contributed by atoms with E-state index in [1.54, 1.807) is 24.3 Å². The van der Waals surface area contributed by atoms with Crippen LogP contribution in [0.2, 0.25) is 0 Å². The smallest absolute Gasteiger partial charge is 0.337 e. The SMILES string of the molecule is COC(=O)c1ccc(CN2C(=O)NC(Cc3c[nH]c4ccccc34)C2=O)cc1. The average molecular weight is 377 g/mol. The second kappa shape index (κ2) is 7.19. The maximum Gasteiger partial charge on any atom is 0.337 e. The first-order valence-corrected chi connectivity index (χ1v) is 8.91. The van der Waals surface area contributed by atoms with Gasteiger partial charge >= 0.3 is 12.0 Å². The summed E-state index contributed by atoms with van der Waals surface area (Å²) in [6.45, 7) is 0.149. The molecule has 1 aromatic heterocycles. The van der Waals surface area contributed by atoms with Crippen LogP contribution >= 0.6 is 0 Å². The van der Waals surface area contributed by atoms with Crippen LogP contribution in [0.1, 0.15) is 21.5 Å². The second-order valence-electron chi connectivity index (χ2n) is 6.68. The van der Waals surface area contributed by atoms with Crippen molar-refractivity contribution in [2.24, 2.45) is 0 Å². The summed E-state index contributed by atoms with van der Waals surface area (Å²) in [6.07, 6.45) is 2.30. The minimum Gasteiger partial charge on any atom is -0.465 e. The van der Waals surface area contributed by atoms with E-state index in [4.69, 9.17) is 0 Å². The van der Waals surface area contributed by atoms with Gasteiger partial charge in [-0.25, -0.2) is 9.59 Å². The third-order valence-electron chi connectivity index (χ3n) is 4.92. The maximum atomic E-state index is 12.8. The number of imide groups is 1. The molecule has 3 aromatic rings. The summed E-state index contributed by atoms with van der Waals surface area (Å²) >= 11 is 0. The number of esters is 1. The number of aromatic amines is 1. The highest BCUT2D eigenvalue weighted by atomic mass is 16.5. The van der Waals surface area contributed by atoms with Gasteiger partial charge in [0.1, 0.15) is 6.04 Å². The molecule has 1 saturated heterocycles. The van der Waals surface area contributed by atoms with Gasteiger partial charge in [0.25, 0.3) is 5.91 Å². The summed E-state index contributed by atoms with van der Waals surface area (Å²) in [4.78, 5) is 41.0. The van der Waals surface area contributed by atoms with Gasteiger partial charge in [-0.3, -0.25) is 9.69 Å². The molecule has 28 heavy (non-hydrogen) atoms. The molecule has 2 heterocycles. The lowest BCUT2D eigenvalue weighted by Gasteiger charge is -2.13. The number of benzene rings is 2. The van der Waals surface area contributed by atoms with Crippen molar-refractivity contribution in [3.63, 3.8) is 0 Å². The molecule has 2 N–H and O–H groups in total. The number of fused-ring (bicyclic) bond motifs is 1. The number of amides is 3. The van der Waals surface area contributed by atoms with Gasteiger partial charge in [-0.15, -0.1) is 0 Å². The molecule has 3 amide bonds. The molecule has 142 valence electrons. The lowest BCUT2D eigenvalue weighted by molar-refractivity contribution is -0.127. The normalized spacial score (nSPS) is 16.5. The molecule has 0 radical (unpaired) electrons. The Hall–Kier alpha value is -3.61. The minimum atomic E-state index is -0.596. The van der Waals surface area contributed by atoms with Crippen LogP contribution in [-0.2, 0) is 22.5 Å². The number of H-pyrrole nitrogens is 1. The van der Waals surface area contributed by atoms with E-state index in [0.717, 1.165) is 22.0 Å². The van der Waals surface area contributed by atoms with E-state index >= 15 is 0 Å². The Balaban J connectivity index is 1.47. The standard InChI is InChI=1S/C21H19N3O4/c1-28-20(26)14-8-6-13(7-9-14)12-24-19(25)18(23-21(24)27)10-15-11-22-17-5-3-2-4-16(15)17/h2-9,11,18,22H,10,12H2,1H3,(H,23,27). The van der Waals surface area contributed by atoms with Crippen LogP contribution in [0.3, 0.4) is 0 Å². The molecule has 0 bridgehead atoms. The van der Waals surface area contributed by atoms with Crippen LogP contribution in [0.4, 0.5) is 4.79 Å². The van der Waals surface area contributed by atoms with Crippen molar-refractivity contribution in [3.8, 4) is 0 Å². The van der Waals surface area contributed by atoms with Crippen LogP contribution < -0.4 is 5.32 Å². The molecule has 1 fully saturated rings. The highest BCUT2D eigenvalue weighted by Gasteiger charge is 2.38. The van der Waals surface area contributed by atoms with Gasteiger partial charge in [0.05, 0.1) is 19.2 Å². The molecule has 1 aliphatic heterocycles. The Bertz CT molecular complexity index is 1050. The second-order valence-corrected chi connectivity index (χ2v) is 6.68. The van der Waals surface area contributed by atoms with Crippen molar-refractivity contribution in [2.45, 2.75) is 19.0 Å². The van der Waals surface area contributed by atoms with E-state index in [1.807, 2.05) is 30.5 Å². The molecular weight excluding hydrogens is 358 g/mol. The molecular formula is C21H19N3O4. The Kier molecular flexibility index (Phi) is 4.57. The number of para-hydroxylation sites is 1. The van der Waals surface area contributed by atoms with Crippen LogP contribution in [0, 0.1) is 0 Å². The molecule has 1 aliphatic rings. The zero-order valence-electron chi connectivity index (χ0n) is 15.3. The number of carbonyl (C=O) groups excluding carboxylic acids is 3. The largest absolute Gasteiger partial charge is 0.465 e. The van der Waals surface area contributed by atoms with Crippen molar-refractivity contribution in [1.82, 2.24) is 15.2 Å². The first kappa shape index (κ1) is 17.8. The van der Waals surface area contributed by atoms with Gasteiger partial charge in [-0.2, -0.15) is 0 Å². The molecule has 0 saturated carbocycles. The molecule has 0 aliphatic carbocycles. The maximum absolute atomic E-state index is 12.8. The van der Waals surface area contributed by atoms with Gasteiger partial charge in [-0.1, -0.05) is 30.3 Å². The zero-order valence-corrected chi connectivity index (χ0v) is 15.3. The Morgan fingerprint density at radius 2 is 1.86 bits per heavy atom. The number of urea groups is 1. The molecule has 1 unspecified atom stereocenters. The fourth-order valence-electron chi connectivity index (χ4n) is 3.43. The number of nitrogens with one attached hydrogen (secondary N) is 2. The van der Waals surface area contributed by atoms with Gasteiger partial charge in [-0.05, 0) is 29.3 Å². The fraction of sp³-hybridized carbons (Fsp3) is 0.190. The summed E-state index contributed by atoms with van der Waals surface area (Å²) in [5.74, 6) is -0.687. The van der Waals surface area contributed by atoms with Crippen LogP contribution in [0.25, 0.3) is 10.9 Å². The summed E-state index contributed by atoms with van der Waals surface area (Å²) in [5.41, 5.74) is 3.15. The predicted octanol–water partition coefficient (Wildman–Crippen LogP) is 2.62.